The van der Waals surface area contributed by atoms with Crippen molar-refractivity contribution in [3.05, 3.63) is 35.0 Å². The number of aryl methyl sites for hydroxylation is 2. The van der Waals surface area contributed by atoms with Crippen molar-refractivity contribution in [3.63, 3.8) is 0 Å². The van der Waals surface area contributed by atoms with Crippen LogP contribution in [0.2, 0.25) is 0 Å². The Labute approximate surface area is 176 Å². The number of aromatic nitrogens is 2. The first kappa shape index (κ1) is 20.5. The van der Waals surface area contributed by atoms with Crippen LogP contribution < -0.4 is 19.8 Å². The summed E-state index contributed by atoms with van der Waals surface area (Å²) in [5, 5.41) is 3.07. The predicted octanol–water partition coefficient (Wildman–Crippen LogP) is 1.08. The highest BCUT2D eigenvalue weighted by Crippen LogP contribution is 2.38. The Balaban J connectivity index is 1.42. The monoisotopic (exact) mass is 430 g/mol. The van der Waals surface area contributed by atoms with E-state index in [0.29, 0.717) is 38.3 Å². The second kappa shape index (κ2) is 7.84. The lowest BCUT2D eigenvalue weighted by Crippen LogP contribution is -2.33. The molecule has 9 nitrogen and oxygen atoms in total. The molecule has 0 saturated heterocycles. The van der Waals surface area contributed by atoms with Gasteiger partial charge >= 0.3 is 0 Å². The number of rotatable bonds is 7. The van der Waals surface area contributed by atoms with E-state index in [1.165, 1.54) is 0 Å². The topological polar surface area (TPSA) is 108 Å². The van der Waals surface area contributed by atoms with Crippen molar-refractivity contribution >= 4 is 33.4 Å². The lowest BCUT2D eigenvalue weighted by atomic mass is 10.00. The molecule has 0 bridgehead atoms. The van der Waals surface area contributed by atoms with Crippen LogP contribution in [0, 0.1) is 6.92 Å². The van der Waals surface area contributed by atoms with E-state index in [0.717, 1.165) is 28.3 Å². The van der Waals surface area contributed by atoms with Crippen LogP contribution in [0.25, 0.3) is 0 Å². The fourth-order valence-corrected chi connectivity index (χ4v) is 5.02. The van der Waals surface area contributed by atoms with Crippen LogP contribution >= 0.6 is 0 Å². The summed E-state index contributed by atoms with van der Waals surface area (Å²) in [5.74, 6) is 1.37. The number of nitrogens with one attached hydrogen (secondary N) is 2. The molecule has 1 aromatic heterocycles. The lowest BCUT2D eigenvalue weighted by Gasteiger charge is -2.25. The summed E-state index contributed by atoms with van der Waals surface area (Å²) in [6.45, 7) is 3.08. The zero-order chi connectivity index (χ0) is 21.5. The minimum atomic E-state index is -3.65. The maximum atomic E-state index is 12.8. The molecule has 1 aromatic carbocycles. The first-order chi connectivity index (χ1) is 14.2. The largest absolute Gasteiger partial charge is 0.363 e. The van der Waals surface area contributed by atoms with Gasteiger partial charge in [-0.2, -0.15) is 4.98 Å². The number of anilines is 3. The fraction of sp³-hybridized carbons (Fsp3) is 0.450. The summed E-state index contributed by atoms with van der Waals surface area (Å²) < 4.78 is 28.3. The third kappa shape index (κ3) is 3.97. The van der Waals surface area contributed by atoms with Crippen molar-refractivity contribution in [2.45, 2.75) is 31.1 Å². The molecule has 2 aliphatic rings. The molecule has 4 rings (SSSR count). The fourth-order valence-electron chi connectivity index (χ4n) is 3.88. The maximum Gasteiger partial charge on any atom is 0.240 e. The van der Waals surface area contributed by atoms with E-state index in [1.807, 2.05) is 32.0 Å². The Kier molecular flexibility index (Phi) is 5.37. The number of nitrogens with zero attached hydrogens (tertiary/aromatic N) is 4. The molecular formula is C20H26N6O3S. The van der Waals surface area contributed by atoms with Crippen LogP contribution in [0.3, 0.4) is 0 Å². The average molecular weight is 431 g/mol. The molecule has 0 unspecified atom stereocenters. The highest BCUT2D eigenvalue weighted by atomic mass is 32.2. The van der Waals surface area contributed by atoms with Crippen molar-refractivity contribution in [2.24, 2.45) is 0 Å². The normalized spacial score (nSPS) is 15.3. The van der Waals surface area contributed by atoms with E-state index in [9.17, 15) is 13.2 Å². The van der Waals surface area contributed by atoms with Gasteiger partial charge in [0, 0.05) is 51.9 Å². The average Bonchev–Trinajstić information content (AvgIpc) is 3.13. The van der Waals surface area contributed by atoms with Gasteiger partial charge in [-0.3, -0.25) is 4.79 Å². The predicted molar refractivity (Wildman–Crippen MR) is 116 cm³/mol. The van der Waals surface area contributed by atoms with Gasteiger partial charge in [0.05, 0.1) is 10.6 Å². The Morgan fingerprint density at radius 3 is 2.53 bits per heavy atom. The van der Waals surface area contributed by atoms with Gasteiger partial charge in [-0.15, -0.1) is 0 Å². The SMILES string of the molecule is Cc1cc(N(C)C)nc(NCCNS(=O)(=O)c2cc3c4c(c2)CCN4C(=O)CC3)n1. The van der Waals surface area contributed by atoms with Gasteiger partial charge in [-0.25, -0.2) is 18.1 Å². The Morgan fingerprint density at radius 1 is 1.07 bits per heavy atom. The summed E-state index contributed by atoms with van der Waals surface area (Å²) in [7, 11) is 0.155. The molecule has 2 aliphatic heterocycles. The van der Waals surface area contributed by atoms with Crippen LogP contribution in [0.15, 0.2) is 23.1 Å². The molecule has 1 amide bonds. The van der Waals surface area contributed by atoms with Crippen LogP contribution in [-0.2, 0) is 27.7 Å². The van der Waals surface area contributed by atoms with Gasteiger partial charge < -0.3 is 15.1 Å². The number of sulfonamides is 1. The van der Waals surface area contributed by atoms with Crippen LogP contribution in [0.1, 0.15) is 23.2 Å². The van der Waals surface area contributed by atoms with Crippen LogP contribution in [0.4, 0.5) is 17.5 Å². The summed E-state index contributed by atoms with van der Waals surface area (Å²) in [6, 6.07) is 5.27. The number of benzene rings is 1. The molecule has 10 heteroatoms. The van der Waals surface area contributed by atoms with Gasteiger partial charge in [-0.05, 0) is 43.0 Å². The molecule has 3 heterocycles. The van der Waals surface area contributed by atoms with Crippen molar-refractivity contribution in [1.82, 2.24) is 14.7 Å². The Bertz CT molecular complexity index is 1100. The highest BCUT2D eigenvalue weighted by Gasteiger charge is 2.32. The van der Waals surface area contributed by atoms with Gasteiger partial charge in [0.1, 0.15) is 5.82 Å². The Morgan fingerprint density at radius 2 is 1.80 bits per heavy atom. The van der Waals surface area contributed by atoms with Gasteiger partial charge in [0.2, 0.25) is 21.9 Å². The van der Waals surface area contributed by atoms with Gasteiger partial charge in [0.15, 0.2) is 0 Å². The standard InChI is InChI=1S/C20H26N6O3S/c1-13-10-17(25(2)3)24-20(23-13)21-7-8-22-30(28,29)16-11-14-4-5-18(27)26-9-6-15(12-16)19(14)26/h10-12,22H,4-9H2,1-3H3,(H,21,23,24). The molecule has 30 heavy (non-hydrogen) atoms. The molecule has 0 saturated carbocycles. The van der Waals surface area contributed by atoms with Gasteiger partial charge in [0.25, 0.3) is 0 Å². The summed E-state index contributed by atoms with van der Waals surface area (Å²) >= 11 is 0. The second-order valence-electron chi connectivity index (χ2n) is 7.80. The number of hydrogen-bond donors (Lipinski definition) is 2. The van der Waals surface area contributed by atoms with Crippen LogP contribution in [-0.4, -0.2) is 58.0 Å². The summed E-state index contributed by atoms with van der Waals surface area (Å²) in [4.78, 5) is 24.7. The molecule has 0 aliphatic carbocycles. The van der Waals surface area contributed by atoms with Gasteiger partial charge in [-0.1, -0.05) is 0 Å². The van der Waals surface area contributed by atoms with E-state index in [2.05, 4.69) is 20.0 Å². The maximum absolute atomic E-state index is 12.8. The molecule has 2 aromatic rings. The summed E-state index contributed by atoms with van der Waals surface area (Å²) in [6.07, 6.45) is 1.71. The van der Waals surface area contributed by atoms with Crippen molar-refractivity contribution in [3.8, 4) is 0 Å². The number of carbonyl (C=O) groups is 1. The number of amides is 1. The van der Waals surface area contributed by atoms with E-state index in [4.69, 9.17) is 0 Å². The third-order valence-electron chi connectivity index (χ3n) is 5.33. The van der Waals surface area contributed by atoms with E-state index in [-0.39, 0.29) is 17.3 Å². The molecular weight excluding hydrogens is 404 g/mol. The lowest BCUT2D eigenvalue weighted by molar-refractivity contribution is -0.118. The minimum absolute atomic E-state index is 0.122. The minimum Gasteiger partial charge on any atom is -0.363 e. The summed E-state index contributed by atoms with van der Waals surface area (Å²) in [5.41, 5.74) is 3.62. The second-order valence-corrected chi connectivity index (χ2v) is 9.56. The first-order valence-corrected chi connectivity index (χ1v) is 11.5. The molecule has 0 atom stereocenters. The Hall–Kier alpha value is -2.72. The van der Waals surface area contributed by atoms with E-state index < -0.39 is 10.0 Å². The smallest absolute Gasteiger partial charge is 0.240 e. The molecule has 160 valence electrons. The number of carbonyl (C=O) groups excluding carboxylic acids is 1. The molecule has 0 radical (unpaired) electrons. The van der Waals surface area contributed by atoms with E-state index >= 15 is 0 Å². The highest BCUT2D eigenvalue weighted by molar-refractivity contribution is 7.89. The third-order valence-corrected chi connectivity index (χ3v) is 6.78. The molecule has 0 fully saturated rings. The van der Waals surface area contributed by atoms with Crippen molar-refractivity contribution in [1.29, 1.82) is 0 Å². The number of hydrogen-bond acceptors (Lipinski definition) is 7. The van der Waals surface area contributed by atoms with E-state index in [1.54, 1.807) is 17.0 Å². The zero-order valence-electron chi connectivity index (χ0n) is 17.4. The molecule has 0 spiro atoms. The zero-order valence-corrected chi connectivity index (χ0v) is 18.2. The quantitative estimate of drug-likeness (QED) is 0.633. The van der Waals surface area contributed by atoms with Crippen molar-refractivity contribution in [2.75, 3.05) is 48.8 Å². The van der Waals surface area contributed by atoms with Crippen molar-refractivity contribution < 1.29 is 13.2 Å². The first-order valence-electron chi connectivity index (χ1n) is 9.97. The van der Waals surface area contributed by atoms with Crippen LogP contribution in [0.5, 0.6) is 0 Å². The molecule has 2 N–H and O–H groups in total.